The lowest BCUT2D eigenvalue weighted by Gasteiger charge is -2.10. The third-order valence-electron chi connectivity index (χ3n) is 2.07. The summed E-state index contributed by atoms with van der Waals surface area (Å²) < 4.78 is 16.6. The summed E-state index contributed by atoms with van der Waals surface area (Å²) in [4.78, 5) is 1.29. The van der Waals surface area contributed by atoms with Crippen LogP contribution < -0.4 is 4.90 Å². The van der Waals surface area contributed by atoms with Crippen molar-refractivity contribution in [3.05, 3.63) is 29.8 Å². The largest absolute Gasteiger partial charge is 0.324 e. The normalized spacial score (nSPS) is 12.1. The summed E-state index contributed by atoms with van der Waals surface area (Å²) in [5, 5.41) is 0. The lowest BCUT2D eigenvalue weighted by Crippen LogP contribution is -3.00. The van der Waals surface area contributed by atoms with Gasteiger partial charge >= 0.3 is 0 Å². The van der Waals surface area contributed by atoms with E-state index < -0.39 is 7.37 Å². The fraction of sp³-hybridized carbons (Fsp3) is 0.455. The molecular weight excluding hydrogens is 209 g/mol. The van der Waals surface area contributed by atoms with Crippen molar-refractivity contribution in [2.24, 2.45) is 0 Å². The molecule has 0 heterocycles. The van der Waals surface area contributed by atoms with Crippen LogP contribution in [0.3, 0.4) is 0 Å². The van der Waals surface area contributed by atoms with Crippen molar-refractivity contribution in [2.45, 2.75) is 6.61 Å². The van der Waals surface area contributed by atoms with Crippen LogP contribution in [0.25, 0.3) is 0 Å². The van der Waals surface area contributed by atoms with Gasteiger partial charge in [-0.05, 0) is 17.7 Å². The molecule has 15 heavy (non-hydrogen) atoms. The minimum absolute atomic E-state index is 0.424. The quantitative estimate of drug-likeness (QED) is 0.792. The zero-order chi connectivity index (χ0) is 11.5. The first-order chi connectivity index (χ1) is 6.88. The van der Waals surface area contributed by atoms with E-state index in [0.717, 1.165) is 5.56 Å². The Labute approximate surface area is 91.5 Å². The molecule has 0 spiro atoms. The molecule has 0 amide bonds. The second-order valence-electron chi connectivity index (χ2n) is 4.22. The molecule has 0 aliphatic carbocycles. The summed E-state index contributed by atoms with van der Waals surface area (Å²) in [6.45, 7) is 3.68. The van der Waals surface area contributed by atoms with Gasteiger partial charge < -0.3 is 9.42 Å². The van der Waals surface area contributed by atoms with Gasteiger partial charge in [-0.25, -0.2) is 0 Å². The average molecular weight is 228 g/mol. The van der Waals surface area contributed by atoms with Crippen molar-refractivity contribution in [2.75, 3.05) is 27.4 Å². The lowest BCUT2D eigenvalue weighted by atomic mass is 10.2. The number of hydrogen-bond acceptors (Lipinski definition) is 2. The molecular formula is C11H19NO2P+. The van der Waals surface area contributed by atoms with Crippen molar-refractivity contribution in [3.8, 4) is 0 Å². The van der Waals surface area contributed by atoms with Gasteiger partial charge in [-0.2, -0.15) is 0 Å². The van der Waals surface area contributed by atoms with E-state index in [4.69, 9.17) is 4.52 Å². The molecule has 0 fully saturated rings. The van der Waals surface area contributed by atoms with Crippen LogP contribution in [-0.4, -0.2) is 27.4 Å². The van der Waals surface area contributed by atoms with Crippen LogP contribution in [0, 0.1) is 0 Å². The third-order valence-corrected chi connectivity index (χ3v) is 2.82. The van der Waals surface area contributed by atoms with E-state index in [-0.39, 0.29) is 0 Å². The monoisotopic (exact) mass is 228 g/mol. The van der Waals surface area contributed by atoms with Gasteiger partial charge in [0.2, 0.25) is 0 Å². The number of quaternary nitrogens is 1. The minimum Gasteiger partial charge on any atom is -0.324 e. The maximum Gasteiger partial charge on any atom is 0.197 e. The summed E-state index contributed by atoms with van der Waals surface area (Å²) >= 11 is 0. The molecule has 0 unspecified atom stereocenters. The highest BCUT2D eigenvalue weighted by atomic mass is 31.2. The molecule has 1 aromatic carbocycles. The Morgan fingerprint density at radius 1 is 1.20 bits per heavy atom. The maximum absolute atomic E-state index is 11.3. The predicted octanol–water partition coefficient (Wildman–Crippen LogP) is 1.52. The van der Waals surface area contributed by atoms with E-state index in [9.17, 15) is 4.57 Å². The van der Waals surface area contributed by atoms with Crippen LogP contribution in [0.5, 0.6) is 0 Å². The van der Waals surface area contributed by atoms with Crippen LogP contribution >= 0.6 is 7.37 Å². The number of benzene rings is 1. The van der Waals surface area contributed by atoms with Gasteiger partial charge in [0.05, 0.1) is 20.7 Å². The van der Waals surface area contributed by atoms with Crippen LogP contribution in [0.2, 0.25) is 0 Å². The molecule has 1 aromatic rings. The van der Waals surface area contributed by atoms with E-state index in [2.05, 4.69) is 26.2 Å². The highest BCUT2D eigenvalue weighted by Crippen LogP contribution is 2.38. The molecule has 0 radical (unpaired) electrons. The van der Waals surface area contributed by atoms with Crippen LogP contribution in [0.1, 0.15) is 5.56 Å². The standard InChI is InChI=1S/C11H18NO2P/c1-12(2)11-7-5-10(6-8-11)9-14-15(3,4)13/h5-8H,9H2,1-4H3/p+1. The smallest absolute Gasteiger partial charge is 0.197 e. The highest BCUT2D eigenvalue weighted by molar-refractivity contribution is 7.57. The highest BCUT2D eigenvalue weighted by Gasteiger charge is 2.07. The minimum atomic E-state index is -2.37. The van der Waals surface area contributed by atoms with Gasteiger partial charge in [0.1, 0.15) is 5.69 Å². The van der Waals surface area contributed by atoms with Gasteiger partial charge in [0.25, 0.3) is 0 Å². The second-order valence-corrected chi connectivity index (χ2v) is 6.98. The molecule has 0 saturated heterocycles. The Morgan fingerprint density at radius 3 is 2.13 bits per heavy atom. The van der Waals surface area contributed by atoms with E-state index in [0.29, 0.717) is 6.61 Å². The number of nitrogens with one attached hydrogen (secondary N) is 1. The summed E-state index contributed by atoms with van der Waals surface area (Å²) in [5.41, 5.74) is 2.29. The fourth-order valence-electron chi connectivity index (χ4n) is 1.16. The molecule has 0 aliphatic heterocycles. The van der Waals surface area contributed by atoms with Crippen LogP contribution in [0.4, 0.5) is 5.69 Å². The van der Waals surface area contributed by atoms with E-state index >= 15 is 0 Å². The number of hydrogen-bond donors (Lipinski definition) is 1. The van der Waals surface area contributed by atoms with Crippen molar-refractivity contribution >= 4 is 13.1 Å². The molecule has 0 saturated carbocycles. The molecule has 3 nitrogen and oxygen atoms in total. The summed E-state index contributed by atoms with van der Waals surface area (Å²) in [6.07, 6.45) is 0. The van der Waals surface area contributed by atoms with Gasteiger partial charge in [-0.1, -0.05) is 12.1 Å². The Morgan fingerprint density at radius 2 is 1.73 bits per heavy atom. The fourth-order valence-corrected chi connectivity index (χ4v) is 1.62. The Kier molecular flexibility index (Phi) is 4.09. The molecule has 0 aliphatic rings. The topological polar surface area (TPSA) is 30.7 Å². The Bertz CT molecular complexity index is 353. The van der Waals surface area contributed by atoms with Crippen molar-refractivity contribution in [1.82, 2.24) is 0 Å². The Balaban J connectivity index is 2.61. The first-order valence-electron chi connectivity index (χ1n) is 4.97. The molecule has 1 rings (SSSR count). The SMILES string of the molecule is C[NH+](C)c1ccc(COP(C)(C)=O)cc1. The second kappa shape index (κ2) is 4.93. The summed E-state index contributed by atoms with van der Waals surface area (Å²) in [7, 11) is 1.79. The molecule has 0 atom stereocenters. The van der Waals surface area contributed by atoms with Gasteiger partial charge in [-0.15, -0.1) is 0 Å². The summed E-state index contributed by atoms with van der Waals surface area (Å²) in [6, 6.07) is 8.14. The van der Waals surface area contributed by atoms with Crippen molar-refractivity contribution < 1.29 is 14.0 Å². The lowest BCUT2D eigenvalue weighted by molar-refractivity contribution is -0.786. The van der Waals surface area contributed by atoms with E-state index in [1.54, 1.807) is 13.3 Å². The third kappa shape index (κ3) is 4.61. The van der Waals surface area contributed by atoms with Gasteiger partial charge in [0.15, 0.2) is 7.37 Å². The maximum atomic E-state index is 11.3. The van der Waals surface area contributed by atoms with Gasteiger partial charge in [0, 0.05) is 13.3 Å². The predicted molar refractivity (Wildman–Crippen MR) is 63.2 cm³/mol. The molecule has 1 N–H and O–H groups in total. The van der Waals surface area contributed by atoms with Gasteiger partial charge in [-0.3, -0.25) is 4.57 Å². The van der Waals surface area contributed by atoms with Crippen molar-refractivity contribution in [3.63, 3.8) is 0 Å². The van der Waals surface area contributed by atoms with E-state index in [1.807, 2.05) is 12.1 Å². The molecule has 0 bridgehead atoms. The number of rotatable bonds is 4. The Hall–Kier alpha value is -0.630. The van der Waals surface area contributed by atoms with E-state index in [1.165, 1.54) is 10.6 Å². The molecule has 84 valence electrons. The molecule has 4 heteroatoms. The zero-order valence-electron chi connectivity index (χ0n) is 9.78. The first-order valence-corrected chi connectivity index (χ1v) is 7.49. The van der Waals surface area contributed by atoms with Crippen LogP contribution in [-0.2, 0) is 15.7 Å². The molecule has 0 aromatic heterocycles. The van der Waals surface area contributed by atoms with Crippen molar-refractivity contribution in [1.29, 1.82) is 0 Å². The van der Waals surface area contributed by atoms with Crippen LogP contribution in [0.15, 0.2) is 24.3 Å². The average Bonchev–Trinajstić information content (AvgIpc) is 2.14. The summed E-state index contributed by atoms with van der Waals surface area (Å²) in [5.74, 6) is 0. The zero-order valence-corrected chi connectivity index (χ0v) is 10.7. The first kappa shape index (κ1) is 12.4.